The molecule has 0 aliphatic carbocycles. The third kappa shape index (κ3) is 3.54. The van der Waals surface area contributed by atoms with Gasteiger partial charge in [-0.3, -0.25) is 14.5 Å². The summed E-state index contributed by atoms with van der Waals surface area (Å²) in [7, 11) is 6.42. The number of hydrogen-bond acceptors (Lipinski definition) is 5. The van der Waals surface area contributed by atoms with Crippen molar-refractivity contribution in [3.8, 4) is 0 Å². The Labute approximate surface area is 144 Å². The van der Waals surface area contributed by atoms with E-state index in [1.807, 2.05) is 31.8 Å². The third-order valence-electron chi connectivity index (χ3n) is 5.19. The molecule has 1 aliphatic heterocycles. The molecule has 0 bridgehead atoms. The van der Waals surface area contributed by atoms with Gasteiger partial charge in [-0.25, -0.2) is 4.98 Å². The van der Waals surface area contributed by atoms with Crippen LogP contribution in [-0.4, -0.2) is 51.7 Å². The van der Waals surface area contributed by atoms with Crippen LogP contribution in [-0.2, 0) is 13.6 Å². The van der Waals surface area contributed by atoms with E-state index in [1.165, 1.54) is 18.5 Å². The molecule has 0 spiro atoms. The zero-order chi connectivity index (χ0) is 17.3. The number of hydrogen-bond donors (Lipinski definition) is 0. The Morgan fingerprint density at radius 2 is 2.12 bits per heavy atom. The quantitative estimate of drug-likeness (QED) is 0.843. The Morgan fingerprint density at radius 3 is 2.75 bits per heavy atom. The van der Waals surface area contributed by atoms with Gasteiger partial charge in [-0.1, -0.05) is 0 Å². The van der Waals surface area contributed by atoms with E-state index in [0.717, 1.165) is 37.0 Å². The first-order chi connectivity index (χ1) is 11.5. The van der Waals surface area contributed by atoms with Crippen molar-refractivity contribution in [3.63, 3.8) is 0 Å². The summed E-state index contributed by atoms with van der Waals surface area (Å²) in [5.41, 5.74) is 2.29. The number of piperidine rings is 1. The summed E-state index contributed by atoms with van der Waals surface area (Å²) in [6, 6.07) is 2.57. The molecular weight excluding hydrogens is 302 g/mol. The van der Waals surface area contributed by atoms with Crippen molar-refractivity contribution in [1.29, 1.82) is 0 Å². The Kier molecular flexibility index (Phi) is 5.06. The molecule has 0 N–H and O–H groups in total. The number of aromatic nitrogens is 3. The van der Waals surface area contributed by atoms with E-state index >= 15 is 0 Å². The van der Waals surface area contributed by atoms with Gasteiger partial charge in [0.05, 0.1) is 24.0 Å². The van der Waals surface area contributed by atoms with Crippen molar-refractivity contribution in [2.24, 2.45) is 13.0 Å². The highest BCUT2D eigenvalue weighted by Crippen LogP contribution is 2.35. The molecule has 0 amide bonds. The second kappa shape index (κ2) is 7.07. The maximum atomic E-state index is 5.74. The molecule has 3 heterocycles. The van der Waals surface area contributed by atoms with Crippen LogP contribution in [0.3, 0.4) is 0 Å². The van der Waals surface area contributed by atoms with Crippen LogP contribution in [0.4, 0.5) is 0 Å². The molecule has 6 nitrogen and oxygen atoms in total. The predicted octanol–water partition coefficient (Wildman–Crippen LogP) is 2.54. The van der Waals surface area contributed by atoms with Gasteiger partial charge in [0.15, 0.2) is 0 Å². The summed E-state index contributed by atoms with van der Waals surface area (Å²) < 4.78 is 7.75. The van der Waals surface area contributed by atoms with Crippen LogP contribution in [0.1, 0.15) is 41.9 Å². The minimum Gasteiger partial charge on any atom is -0.444 e. The van der Waals surface area contributed by atoms with E-state index in [1.54, 1.807) is 0 Å². The molecule has 2 atom stereocenters. The first kappa shape index (κ1) is 17.2. The average molecular weight is 331 g/mol. The van der Waals surface area contributed by atoms with Gasteiger partial charge in [-0.15, -0.1) is 0 Å². The normalized spacial score (nSPS) is 22.4. The summed E-state index contributed by atoms with van der Waals surface area (Å²) in [4.78, 5) is 9.31. The van der Waals surface area contributed by atoms with Crippen molar-refractivity contribution >= 4 is 0 Å². The summed E-state index contributed by atoms with van der Waals surface area (Å²) in [5, 5.41) is 4.37. The van der Waals surface area contributed by atoms with Gasteiger partial charge in [0.1, 0.15) is 5.76 Å². The molecule has 0 saturated carbocycles. The molecule has 132 valence electrons. The van der Waals surface area contributed by atoms with E-state index in [9.17, 15) is 0 Å². The molecule has 24 heavy (non-hydrogen) atoms. The molecule has 0 aromatic carbocycles. The zero-order valence-electron chi connectivity index (χ0n) is 15.5. The number of oxazole rings is 1. The highest BCUT2D eigenvalue weighted by molar-refractivity contribution is 5.10. The average Bonchev–Trinajstić information content (AvgIpc) is 3.05. The van der Waals surface area contributed by atoms with E-state index < -0.39 is 0 Å². The van der Waals surface area contributed by atoms with Crippen LogP contribution >= 0.6 is 0 Å². The standard InChI is InChI=1S/C18H29N5O/c1-13-14(2)24-17(20-13)12-21(3)11-15-7-6-10-22(4)18(15)16-8-9-19-23(16)5/h8-9,15,18H,6-7,10-12H2,1-5H3/t15-,18+/m0/s1. The second-order valence-electron chi connectivity index (χ2n) is 7.15. The van der Waals surface area contributed by atoms with Crippen molar-refractivity contribution in [1.82, 2.24) is 24.6 Å². The van der Waals surface area contributed by atoms with Crippen molar-refractivity contribution in [2.75, 3.05) is 27.2 Å². The Morgan fingerprint density at radius 1 is 1.33 bits per heavy atom. The third-order valence-corrected chi connectivity index (χ3v) is 5.19. The summed E-state index contributed by atoms with van der Waals surface area (Å²) in [5.74, 6) is 2.32. The summed E-state index contributed by atoms with van der Waals surface area (Å²) in [6.45, 7) is 6.90. The van der Waals surface area contributed by atoms with Crippen LogP contribution in [0.15, 0.2) is 16.7 Å². The highest BCUT2D eigenvalue weighted by atomic mass is 16.4. The molecule has 2 aromatic heterocycles. The van der Waals surface area contributed by atoms with Gasteiger partial charge in [-0.05, 0) is 59.3 Å². The molecule has 1 saturated heterocycles. The van der Waals surface area contributed by atoms with Crippen molar-refractivity contribution in [3.05, 3.63) is 35.3 Å². The molecule has 3 rings (SSSR count). The molecule has 0 radical (unpaired) electrons. The Hall–Kier alpha value is -1.66. The van der Waals surface area contributed by atoms with E-state index in [-0.39, 0.29) is 0 Å². The van der Waals surface area contributed by atoms with Gasteiger partial charge in [-0.2, -0.15) is 5.10 Å². The Bertz CT molecular complexity index is 657. The van der Waals surface area contributed by atoms with Crippen LogP contribution < -0.4 is 0 Å². The summed E-state index contributed by atoms with van der Waals surface area (Å²) in [6.07, 6.45) is 4.39. The monoisotopic (exact) mass is 331 g/mol. The fraction of sp³-hybridized carbons (Fsp3) is 0.667. The number of aryl methyl sites for hydroxylation is 3. The van der Waals surface area contributed by atoms with Gasteiger partial charge < -0.3 is 4.42 Å². The van der Waals surface area contributed by atoms with Crippen LogP contribution in [0, 0.1) is 19.8 Å². The number of nitrogens with zero attached hydrogens (tertiary/aromatic N) is 5. The maximum absolute atomic E-state index is 5.74. The lowest BCUT2D eigenvalue weighted by Crippen LogP contribution is -2.41. The second-order valence-corrected chi connectivity index (χ2v) is 7.15. The van der Waals surface area contributed by atoms with E-state index in [0.29, 0.717) is 12.0 Å². The Balaban J connectivity index is 1.70. The first-order valence-electron chi connectivity index (χ1n) is 8.75. The van der Waals surface area contributed by atoms with Gasteiger partial charge in [0.25, 0.3) is 0 Å². The fourth-order valence-electron chi connectivity index (χ4n) is 3.89. The number of rotatable bonds is 5. The van der Waals surface area contributed by atoms with Gasteiger partial charge >= 0.3 is 0 Å². The largest absolute Gasteiger partial charge is 0.444 e. The smallest absolute Gasteiger partial charge is 0.208 e. The van der Waals surface area contributed by atoms with Gasteiger partial charge in [0, 0.05) is 19.8 Å². The molecule has 1 fully saturated rings. The topological polar surface area (TPSA) is 50.3 Å². The molecule has 1 aliphatic rings. The lowest BCUT2D eigenvalue weighted by molar-refractivity contribution is 0.0850. The molecule has 2 aromatic rings. The molecular formula is C18H29N5O. The molecule has 6 heteroatoms. The summed E-state index contributed by atoms with van der Waals surface area (Å²) >= 11 is 0. The highest BCUT2D eigenvalue weighted by Gasteiger charge is 2.33. The molecule has 0 unspecified atom stereocenters. The minimum absolute atomic E-state index is 0.418. The van der Waals surface area contributed by atoms with Crippen LogP contribution in [0.5, 0.6) is 0 Å². The van der Waals surface area contributed by atoms with Gasteiger partial charge in [0.2, 0.25) is 5.89 Å². The first-order valence-corrected chi connectivity index (χ1v) is 8.75. The van der Waals surface area contributed by atoms with Crippen molar-refractivity contribution < 1.29 is 4.42 Å². The fourth-order valence-corrected chi connectivity index (χ4v) is 3.89. The SMILES string of the molecule is Cc1nc(CN(C)C[C@@H]2CCCN(C)[C@H]2c2ccnn2C)oc1C. The number of likely N-dealkylation sites (tertiary alicyclic amines) is 1. The van der Waals surface area contributed by atoms with Crippen molar-refractivity contribution in [2.45, 2.75) is 39.3 Å². The lowest BCUT2D eigenvalue weighted by atomic mass is 9.87. The lowest BCUT2D eigenvalue weighted by Gasteiger charge is -2.40. The predicted molar refractivity (Wildman–Crippen MR) is 93.6 cm³/mol. The maximum Gasteiger partial charge on any atom is 0.208 e. The van der Waals surface area contributed by atoms with Crippen LogP contribution in [0.2, 0.25) is 0 Å². The van der Waals surface area contributed by atoms with E-state index in [4.69, 9.17) is 4.42 Å². The van der Waals surface area contributed by atoms with Crippen LogP contribution in [0.25, 0.3) is 0 Å². The minimum atomic E-state index is 0.418. The zero-order valence-corrected chi connectivity index (χ0v) is 15.5. The van der Waals surface area contributed by atoms with E-state index in [2.05, 4.69) is 40.0 Å².